The van der Waals surface area contributed by atoms with Gasteiger partial charge in [-0.3, -0.25) is 14.7 Å². The maximum absolute atomic E-state index is 12.9. The van der Waals surface area contributed by atoms with Gasteiger partial charge in [-0.05, 0) is 23.8 Å². The minimum atomic E-state index is -1.56. The number of hydrogen-bond acceptors (Lipinski definition) is 3. The standard InChI is InChI=1S/C20H16N2O2/c23-19-16-10-4-5-11-17(16)20(24,18-12-6-7-13-21-18)22(19)14-15-8-2-1-3-9-15/h1-13,24H,14H2/t20-/m1/s1. The SMILES string of the molecule is O=C1c2ccccc2[C@@](O)(c2ccccn2)N1Cc1ccccc1. The molecule has 3 aromatic rings. The first-order valence-corrected chi connectivity index (χ1v) is 7.80. The van der Waals surface area contributed by atoms with Gasteiger partial charge < -0.3 is 5.11 Å². The summed E-state index contributed by atoms with van der Waals surface area (Å²) in [7, 11) is 0. The molecule has 118 valence electrons. The summed E-state index contributed by atoms with van der Waals surface area (Å²) in [4.78, 5) is 18.7. The Hall–Kier alpha value is -2.98. The smallest absolute Gasteiger partial charge is 0.257 e. The number of aliphatic hydroxyl groups is 1. The van der Waals surface area contributed by atoms with Gasteiger partial charge in [-0.2, -0.15) is 0 Å². The first-order chi connectivity index (χ1) is 11.7. The second-order valence-corrected chi connectivity index (χ2v) is 5.81. The van der Waals surface area contributed by atoms with E-state index in [-0.39, 0.29) is 5.91 Å². The summed E-state index contributed by atoms with van der Waals surface area (Å²) in [6.07, 6.45) is 1.62. The lowest BCUT2D eigenvalue weighted by Gasteiger charge is -2.34. The minimum absolute atomic E-state index is 0.192. The van der Waals surface area contributed by atoms with Crippen molar-refractivity contribution in [2.75, 3.05) is 0 Å². The van der Waals surface area contributed by atoms with Crippen LogP contribution in [0.15, 0.2) is 79.0 Å². The van der Waals surface area contributed by atoms with Gasteiger partial charge in [0.05, 0.1) is 5.69 Å². The predicted molar refractivity (Wildman–Crippen MR) is 90.0 cm³/mol. The number of carbonyl (C=O) groups excluding carboxylic acids is 1. The highest BCUT2D eigenvalue weighted by molar-refractivity contribution is 6.00. The molecule has 1 amide bonds. The number of amides is 1. The Labute approximate surface area is 140 Å². The molecule has 1 aromatic heterocycles. The third kappa shape index (κ3) is 2.12. The Balaban J connectivity index is 1.87. The summed E-state index contributed by atoms with van der Waals surface area (Å²) >= 11 is 0. The van der Waals surface area contributed by atoms with Gasteiger partial charge in [0, 0.05) is 23.9 Å². The molecule has 4 nitrogen and oxygen atoms in total. The molecule has 0 radical (unpaired) electrons. The monoisotopic (exact) mass is 316 g/mol. The predicted octanol–water partition coefficient (Wildman–Crippen LogP) is 2.93. The van der Waals surface area contributed by atoms with Gasteiger partial charge in [0.15, 0.2) is 0 Å². The number of nitrogens with zero attached hydrogens (tertiary/aromatic N) is 2. The normalized spacial score (nSPS) is 19.4. The van der Waals surface area contributed by atoms with Crippen LogP contribution in [0.5, 0.6) is 0 Å². The molecular weight excluding hydrogens is 300 g/mol. The number of carbonyl (C=O) groups is 1. The zero-order chi connectivity index (χ0) is 16.6. The average Bonchev–Trinajstić information content (AvgIpc) is 2.87. The molecule has 0 bridgehead atoms. The fraction of sp³-hybridized carbons (Fsp3) is 0.100. The van der Waals surface area contributed by atoms with E-state index in [1.165, 1.54) is 4.90 Å². The molecule has 24 heavy (non-hydrogen) atoms. The van der Waals surface area contributed by atoms with Crippen molar-refractivity contribution in [3.05, 3.63) is 101 Å². The summed E-state index contributed by atoms with van der Waals surface area (Å²) in [5, 5.41) is 11.5. The summed E-state index contributed by atoms with van der Waals surface area (Å²) in [5.41, 5.74) is 0.920. The molecule has 0 unspecified atom stereocenters. The first-order valence-electron chi connectivity index (χ1n) is 7.80. The Morgan fingerprint density at radius 1 is 0.917 bits per heavy atom. The highest BCUT2D eigenvalue weighted by Crippen LogP contribution is 2.42. The van der Waals surface area contributed by atoms with Crippen LogP contribution in [-0.4, -0.2) is 20.9 Å². The number of hydrogen-bond donors (Lipinski definition) is 1. The third-order valence-corrected chi connectivity index (χ3v) is 4.37. The van der Waals surface area contributed by atoms with E-state index in [1.54, 1.807) is 30.5 Å². The van der Waals surface area contributed by atoms with Crippen LogP contribution in [0.3, 0.4) is 0 Å². The Morgan fingerprint density at radius 3 is 2.38 bits per heavy atom. The summed E-state index contributed by atoms with van der Waals surface area (Å²) in [5.74, 6) is -0.192. The van der Waals surface area contributed by atoms with Crippen LogP contribution < -0.4 is 0 Å². The minimum Gasteiger partial charge on any atom is -0.362 e. The summed E-state index contributed by atoms with van der Waals surface area (Å²) in [6.45, 7) is 0.307. The molecule has 1 atom stereocenters. The van der Waals surface area contributed by atoms with Crippen molar-refractivity contribution in [2.24, 2.45) is 0 Å². The van der Waals surface area contributed by atoms with E-state index in [0.29, 0.717) is 23.4 Å². The van der Waals surface area contributed by atoms with Gasteiger partial charge >= 0.3 is 0 Å². The van der Waals surface area contributed by atoms with Crippen LogP contribution >= 0.6 is 0 Å². The lowest BCUT2D eigenvalue weighted by atomic mass is 9.97. The number of aromatic nitrogens is 1. The molecule has 2 heterocycles. The van der Waals surface area contributed by atoms with E-state index >= 15 is 0 Å². The number of rotatable bonds is 3. The van der Waals surface area contributed by atoms with Crippen molar-refractivity contribution in [1.82, 2.24) is 9.88 Å². The lowest BCUT2D eigenvalue weighted by Crippen LogP contribution is -2.44. The second kappa shape index (κ2) is 5.58. The zero-order valence-corrected chi connectivity index (χ0v) is 13.0. The molecule has 1 aliphatic rings. The topological polar surface area (TPSA) is 53.4 Å². The Bertz CT molecular complexity index is 880. The molecule has 1 aliphatic heterocycles. The molecule has 0 spiro atoms. The van der Waals surface area contributed by atoms with Crippen LogP contribution in [0.2, 0.25) is 0 Å². The zero-order valence-electron chi connectivity index (χ0n) is 13.0. The van der Waals surface area contributed by atoms with Crippen LogP contribution in [0.25, 0.3) is 0 Å². The van der Waals surface area contributed by atoms with Gasteiger partial charge in [-0.25, -0.2) is 0 Å². The van der Waals surface area contributed by atoms with E-state index in [9.17, 15) is 9.90 Å². The Kier molecular flexibility index (Phi) is 3.40. The van der Waals surface area contributed by atoms with Crippen molar-refractivity contribution in [2.45, 2.75) is 12.3 Å². The molecule has 0 saturated heterocycles. The summed E-state index contributed by atoms with van der Waals surface area (Å²) < 4.78 is 0. The van der Waals surface area contributed by atoms with E-state index < -0.39 is 5.72 Å². The van der Waals surface area contributed by atoms with Crippen LogP contribution in [0, 0.1) is 0 Å². The largest absolute Gasteiger partial charge is 0.362 e. The quantitative estimate of drug-likeness (QED) is 0.808. The van der Waals surface area contributed by atoms with Crippen LogP contribution in [-0.2, 0) is 12.3 Å². The van der Waals surface area contributed by atoms with Gasteiger partial charge in [-0.1, -0.05) is 54.6 Å². The van der Waals surface area contributed by atoms with Crippen molar-refractivity contribution < 1.29 is 9.90 Å². The third-order valence-electron chi connectivity index (χ3n) is 4.37. The van der Waals surface area contributed by atoms with Crippen LogP contribution in [0.4, 0.5) is 0 Å². The van der Waals surface area contributed by atoms with Gasteiger partial charge in [-0.15, -0.1) is 0 Å². The molecule has 4 heteroatoms. The molecular formula is C20H16N2O2. The maximum Gasteiger partial charge on any atom is 0.257 e. The van der Waals surface area contributed by atoms with Crippen LogP contribution in [0.1, 0.15) is 27.2 Å². The molecule has 1 N–H and O–H groups in total. The van der Waals surface area contributed by atoms with Crippen molar-refractivity contribution in [1.29, 1.82) is 0 Å². The van der Waals surface area contributed by atoms with Gasteiger partial charge in [0.2, 0.25) is 5.72 Å². The second-order valence-electron chi connectivity index (χ2n) is 5.81. The number of pyridine rings is 1. The van der Waals surface area contributed by atoms with Gasteiger partial charge in [0.25, 0.3) is 5.91 Å². The Morgan fingerprint density at radius 2 is 1.62 bits per heavy atom. The fourth-order valence-corrected chi connectivity index (χ4v) is 3.21. The van der Waals surface area contributed by atoms with Crippen molar-refractivity contribution in [3.63, 3.8) is 0 Å². The van der Waals surface area contributed by atoms with E-state index in [0.717, 1.165) is 5.56 Å². The van der Waals surface area contributed by atoms with Crippen molar-refractivity contribution >= 4 is 5.91 Å². The maximum atomic E-state index is 12.9. The lowest BCUT2D eigenvalue weighted by molar-refractivity contribution is -0.0573. The molecule has 0 fully saturated rings. The highest BCUT2D eigenvalue weighted by Gasteiger charge is 2.50. The number of fused-ring (bicyclic) bond motifs is 1. The van der Waals surface area contributed by atoms with E-state index in [2.05, 4.69) is 4.98 Å². The average molecular weight is 316 g/mol. The molecule has 2 aromatic carbocycles. The molecule has 4 rings (SSSR count). The number of benzene rings is 2. The highest BCUT2D eigenvalue weighted by atomic mass is 16.3. The first kappa shape index (κ1) is 14.6. The fourth-order valence-electron chi connectivity index (χ4n) is 3.21. The molecule has 0 aliphatic carbocycles. The summed E-state index contributed by atoms with van der Waals surface area (Å²) in [6, 6.07) is 22.2. The molecule has 0 saturated carbocycles. The van der Waals surface area contributed by atoms with Crippen molar-refractivity contribution in [3.8, 4) is 0 Å². The van der Waals surface area contributed by atoms with E-state index in [4.69, 9.17) is 0 Å². The van der Waals surface area contributed by atoms with E-state index in [1.807, 2.05) is 48.5 Å². The van der Waals surface area contributed by atoms with Gasteiger partial charge in [0.1, 0.15) is 0 Å².